The van der Waals surface area contributed by atoms with Gasteiger partial charge in [0.2, 0.25) is 11.8 Å². The maximum atomic E-state index is 13.3. The fourth-order valence-electron chi connectivity index (χ4n) is 5.28. The van der Waals surface area contributed by atoms with Crippen molar-refractivity contribution in [2.24, 2.45) is 11.8 Å². The van der Waals surface area contributed by atoms with Crippen LogP contribution < -0.4 is 15.4 Å². The Balaban J connectivity index is 1.57. The van der Waals surface area contributed by atoms with Crippen LogP contribution in [0.5, 0.6) is 5.75 Å². The van der Waals surface area contributed by atoms with Crippen molar-refractivity contribution in [1.82, 2.24) is 5.32 Å². The average molecular weight is 376 g/mol. The molecule has 2 bridgehead atoms. The smallest absolute Gasteiger partial charge is 0.237 e. The van der Waals surface area contributed by atoms with Crippen molar-refractivity contribution in [2.75, 3.05) is 5.32 Å². The van der Waals surface area contributed by atoms with Crippen LogP contribution >= 0.6 is 0 Å². The molecule has 0 unspecified atom stereocenters. The first-order valence-electron chi connectivity index (χ1n) is 10.1. The van der Waals surface area contributed by atoms with Crippen molar-refractivity contribution in [3.05, 3.63) is 59.7 Å². The Hall–Kier alpha value is -2.82. The lowest BCUT2D eigenvalue weighted by atomic mass is 9.62. The van der Waals surface area contributed by atoms with E-state index in [-0.39, 0.29) is 23.7 Å². The standard InChI is InChI=1S/C23H24N2O3/c1-14-8-2-4-11-17(14)24-21(26)20-19-15-9-3-5-12-18(15)28-23(25-22(20)27)13-7-6-10-16(19)23/h2-5,8-9,11-12,16,19-20H,6-7,10,13H2,1H3,(H,24,26)(H,25,27)/t16-,19-,20-,23-/m0/s1. The van der Waals surface area contributed by atoms with Gasteiger partial charge in [0.25, 0.3) is 0 Å². The molecule has 0 aromatic heterocycles. The monoisotopic (exact) mass is 376 g/mol. The number of carbonyl (C=O) groups is 2. The zero-order valence-corrected chi connectivity index (χ0v) is 15.9. The minimum absolute atomic E-state index is 0.112. The highest BCUT2D eigenvalue weighted by Gasteiger charge is 2.60. The fourth-order valence-corrected chi connectivity index (χ4v) is 5.28. The van der Waals surface area contributed by atoms with Gasteiger partial charge in [-0.25, -0.2) is 0 Å². The van der Waals surface area contributed by atoms with Crippen LogP contribution in [0.25, 0.3) is 0 Å². The molecule has 2 aliphatic heterocycles. The highest BCUT2D eigenvalue weighted by atomic mass is 16.5. The molecule has 3 aliphatic rings. The van der Waals surface area contributed by atoms with Crippen molar-refractivity contribution in [3.8, 4) is 5.75 Å². The molecule has 1 saturated carbocycles. The summed E-state index contributed by atoms with van der Waals surface area (Å²) in [6.07, 6.45) is 3.86. The quantitative estimate of drug-likeness (QED) is 0.785. The van der Waals surface area contributed by atoms with E-state index >= 15 is 0 Å². The van der Waals surface area contributed by atoms with Crippen molar-refractivity contribution in [1.29, 1.82) is 0 Å². The molecule has 4 atom stereocenters. The molecule has 144 valence electrons. The van der Waals surface area contributed by atoms with E-state index in [1.165, 1.54) is 0 Å². The fraction of sp³-hybridized carbons (Fsp3) is 0.391. The highest BCUT2D eigenvalue weighted by Crippen LogP contribution is 2.55. The van der Waals surface area contributed by atoms with Gasteiger partial charge in [-0.15, -0.1) is 0 Å². The van der Waals surface area contributed by atoms with Crippen molar-refractivity contribution in [2.45, 2.75) is 44.2 Å². The van der Waals surface area contributed by atoms with E-state index in [1.54, 1.807) is 0 Å². The van der Waals surface area contributed by atoms with Gasteiger partial charge >= 0.3 is 0 Å². The lowest BCUT2D eigenvalue weighted by molar-refractivity contribution is -0.160. The molecule has 0 radical (unpaired) electrons. The third-order valence-electron chi connectivity index (χ3n) is 6.58. The summed E-state index contributed by atoms with van der Waals surface area (Å²) in [6, 6.07) is 15.5. The minimum Gasteiger partial charge on any atom is -0.467 e. The Labute approximate surface area is 164 Å². The molecule has 2 heterocycles. The maximum absolute atomic E-state index is 13.3. The number of rotatable bonds is 2. The molecule has 2 amide bonds. The van der Waals surface area contributed by atoms with Crippen LogP contribution in [0.3, 0.4) is 0 Å². The second-order valence-corrected chi connectivity index (χ2v) is 8.18. The molecule has 1 saturated heterocycles. The van der Waals surface area contributed by atoms with Gasteiger partial charge in [0.15, 0.2) is 5.72 Å². The van der Waals surface area contributed by atoms with Crippen LogP contribution in [0, 0.1) is 18.8 Å². The molecule has 2 fully saturated rings. The van der Waals surface area contributed by atoms with Gasteiger partial charge < -0.3 is 15.4 Å². The van der Waals surface area contributed by atoms with Crippen LogP contribution in [-0.2, 0) is 9.59 Å². The first kappa shape index (κ1) is 17.3. The van der Waals surface area contributed by atoms with Crippen LogP contribution in [0.4, 0.5) is 5.69 Å². The summed E-state index contributed by atoms with van der Waals surface area (Å²) < 4.78 is 6.37. The zero-order valence-electron chi connectivity index (χ0n) is 15.9. The number of benzene rings is 2. The van der Waals surface area contributed by atoms with Gasteiger partial charge in [0.05, 0.1) is 0 Å². The first-order chi connectivity index (χ1) is 13.6. The van der Waals surface area contributed by atoms with E-state index in [2.05, 4.69) is 10.6 Å². The Morgan fingerprint density at radius 1 is 1.14 bits per heavy atom. The molecular weight excluding hydrogens is 352 g/mol. The largest absolute Gasteiger partial charge is 0.467 e. The molecule has 0 spiro atoms. The van der Waals surface area contributed by atoms with Gasteiger partial charge in [-0.1, -0.05) is 42.8 Å². The molecule has 5 heteroatoms. The summed E-state index contributed by atoms with van der Waals surface area (Å²) in [4.78, 5) is 26.4. The maximum Gasteiger partial charge on any atom is 0.237 e. The van der Waals surface area contributed by atoms with Crippen LogP contribution in [0.2, 0.25) is 0 Å². The van der Waals surface area contributed by atoms with E-state index in [0.717, 1.165) is 48.2 Å². The van der Waals surface area contributed by atoms with Crippen molar-refractivity contribution >= 4 is 17.5 Å². The number of hydrogen-bond donors (Lipinski definition) is 2. The molecule has 28 heavy (non-hydrogen) atoms. The number of anilines is 1. The van der Waals surface area contributed by atoms with Crippen molar-refractivity contribution in [3.63, 3.8) is 0 Å². The van der Waals surface area contributed by atoms with Crippen LogP contribution in [-0.4, -0.2) is 17.5 Å². The van der Waals surface area contributed by atoms with E-state index in [9.17, 15) is 9.59 Å². The van der Waals surface area contributed by atoms with E-state index < -0.39 is 11.6 Å². The molecule has 1 aliphatic carbocycles. The van der Waals surface area contributed by atoms with Crippen molar-refractivity contribution < 1.29 is 14.3 Å². The van der Waals surface area contributed by atoms with E-state index in [0.29, 0.717) is 0 Å². The summed E-state index contributed by atoms with van der Waals surface area (Å²) in [5, 5.41) is 6.11. The minimum atomic E-state index is -0.763. The number of para-hydroxylation sites is 2. The van der Waals surface area contributed by atoms with Gasteiger partial charge in [-0.05, 0) is 43.0 Å². The van der Waals surface area contributed by atoms with Gasteiger partial charge in [-0.2, -0.15) is 0 Å². The molecule has 5 nitrogen and oxygen atoms in total. The van der Waals surface area contributed by atoms with Gasteiger partial charge in [-0.3, -0.25) is 9.59 Å². The Morgan fingerprint density at radius 3 is 2.79 bits per heavy atom. The third-order valence-corrected chi connectivity index (χ3v) is 6.58. The lowest BCUT2D eigenvalue weighted by Crippen LogP contribution is -2.69. The summed E-state index contributed by atoms with van der Waals surface area (Å²) in [7, 11) is 0. The summed E-state index contributed by atoms with van der Waals surface area (Å²) in [6.45, 7) is 1.95. The second-order valence-electron chi connectivity index (χ2n) is 8.18. The van der Waals surface area contributed by atoms with Gasteiger partial charge in [0, 0.05) is 23.9 Å². The predicted octanol–water partition coefficient (Wildman–Crippen LogP) is 3.74. The van der Waals surface area contributed by atoms with Crippen LogP contribution in [0.1, 0.15) is 42.7 Å². The molecular formula is C23H24N2O3. The number of carbonyl (C=O) groups excluding carboxylic acids is 2. The molecule has 2 N–H and O–H groups in total. The number of piperidine rings is 1. The van der Waals surface area contributed by atoms with E-state index in [4.69, 9.17) is 4.74 Å². The molecule has 2 aromatic rings. The Morgan fingerprint density at radius 2 is 1.93 bits per heavy atom. The lowest BCUT2D eigenvalue weighted by Gasteiger charge is -2.55. The number of fused-ring (bicyclic) bond motifs is 2. The second kappa shape index (κ2) is 6.36. The summed E-state index contributed by atoms with van der Waals surface area (Å²) in [5.74, 6) is -0.499. The Bertz CT molecular complexity index is 956. The van der Waals surface area contributed by atoms with Gasteiger partial charge in [0.1, 0.15) is 11.7 Å². The topological polar surface area (TPSA) is 67.4 Å². The number of nitrogens with one attached hydrogen (secondary N) is 2. The molecule has 2 aromatic carbocycles. The number of ether oxygens (including phenoxy) is 1. The average Bonchev–Trinajstić information content (AvgIpc) is 2.68. The number of aryl methyl sites for hydroxylation is 1. The van der Waals surface area contributed by atoms with E-state index in [1.807, 2.05) is 55.5 Å². The first-order valence-corrected chi connectivity index (χ1v) is 10.1. The number of hydrogen-bond acceptors (Lipinski definition) is 3. The zero-order chi connectivity index (χ0) is 19.3. The normalized spacial score (nSPS) is 30.3. The number of amides is 2. The summed E-state index contributed by atoms with van der Waals surface area (Å²) in [5.41, 5.74) is 2.03. The molecule has 5 rings (SSSR count). The predicted molar refractivity (Wildman–Crippen MR) is 106 cm³/mol. The summed E-state index contributed by atoms with van der Waals surface area (Å²) >= 11 is 0. The van der Waals surface area contributed by atoms with Crippen LogP contribution in [0.15, 0.2) is 48.5 Å². The SMILES string of the molecule is Cc1ccccc1NC(=O)[C@H]1C(=O)N[C@]23CCCC[C@H]2[C@@H]1c1ccccc1O3. The highest BCUT2D eigenvalue weighted by molar-refractivity contribution is 6.08. The third kappa shape index (κ3) is 2.53. The Kier molecular flexibility index (Phi) is 3.93.